The van der Waals surface area contributed by atoms with Crippen LogP contribution in [0.3, 0.4) is 0 Å². The number of halogens is 1. The fourth-order valence-electron chi connectivity index (χ4n) is 6.38. The number of nitrogens with zero attached hydrogens (tertiary/aromatic N) is 3. The lowest BCUT2D eigenvalue weighted by molar-refractivity contribution is -0.104. The zero-order valence-electron chi connectivity index (χ0n) is 18.8. The van der Waals surface area contributed by atoms with Crippen LogP contribution in [-0.2, 0) is 10.2 Å². The van der Waals surface area contributed by atoms with Crippen LogP contribution in [0.1, 0.15) is 88.7 Å². The molecule has 2 fully saturated rings. The van der Waals surface area contributed by atoms with Crippen molar-refractivity contribution in [3.8, 4) is 0 Å². The van der Waals surface area contributed by atoms with Gasteiger partial charge in [-0.1, -0.05) is 26.7 Å². The van der Waals surface area contributed by atoms with Crippen molar-refractivity contribution in [2.45, 2.75) is 88.3 Å². The quantitative estimate of drug-likeness (QED) is 0.698. The van der Waals surface area contributed by atoms with Gasteiger partial charge in [0, 0.05) is 23.9 Å². The van der Waals surface area contributed by atoms with Crippen LogP contribution in [0.15, 0.2) is 30.6 Å². The van der Waals surface area contributed by atoms with E-state index in [2.05, 4.69) is 40.0 Å². The molecule has 168 valence electrons. The SMILES string of the molecule is CC(C)C1CC(NCC[C@@]2(c3ccc(F)cn3)CCOC3(CCCC3)C2)c2ccnn21. The van der Waals surface area contributed by atoms with E-state index in [0.717, 1.165) is 57.4 Å². The smallest absolute Gasteiger partial charge is 0.141 e. The predicted molar refractivity (Wildman–Crippen MR) is 118 cm³/mol. The Bertz CT molecular complexity index is 889. The standard InChI is InChI=1S/C25H35FN4O/c1-18(2)22-15-20(21-7-12-29-30(21)22)27-13-10-24(23-6-5-19(26)16-28-23)11-14-31-25(17-24)8-3-4-9-25/h5-7,12,16,18,20,22,27H,3-4,8-11,13-15,17H2,1-2H3/t20?,22?,24-/m1/s1. The molecule has 1 saturated carbocycles. The Morgan fingerprint density at radius 1 is 1.23 bits per heavy atom. The third-order valence-electron chi connectivity index (χ3n) is 8.05. The lowest BCUT2D eigenvalue weighted by Crippen LogP contribution is -2.47. The molecule has 1 saturated heterocycles. The molecule has 5 rings (SSSR count). The van der Waals surface area contributed by atoms with Crippen molar-refractivity contribution in [1.29, 1.82) is 0 Å². The van der Waals surface area contributed by atoms with Crippen molar-refractivity contribution in [2.75, 3.05) is 13.2 Å². The van der Waals surface area contributed by atoms with E-state index in [4.69, 9.17) is 4.74 Å². The van der Waals surface area contributed by atoms with Crippen LogP contribution in [-0.4, -0.2) is 33.5 Å². The number of nitrogens with one attached hydrogen (secondary N) is 1. The van der Waals surface area contributed by atoms with Crippen LogP contribution in [0, 0.1) is 11.7 Å². The number of hydrogen-bond donors (Lipinski definition) is 1. The average Bonchev–Trinajstić information content (AvgIpc) is 3.47. The lowest BCUT2D eigenvalue weighted by atomic mass is 9.68. The summed E-state index contributed by atoms with van der Waals surface area (Å²) < 4.78 is 22.2. The minimum Gasteiger partial charge on any atom is -0.375 e. The zero-order valence-corrected chi connectivity index (χ0v) is 18.8. The Morgan fingerprint density at radius 2 is 2.06 bits per heavy atom. The molecule has 1 N–H and O–H groups in total. The highest BCUT2D eigenvalue weighted by Gasteiger charge is 2.48. The summed E-state index contributed by atoms with van der Waals surface area (Å²) in [4.78, 5) is 4.57. The molecule has 1 spiro atoms. The van der Waals surface area contributed by atoms with E-state index >= 15 is 0 Å². The van der Waals surface area contributed by atoms with Gasteiger partial charge in [0.15, 0.2) is 0 Å². The second-order valence-corrected chi connectivity index (χ2v) is 10.3. The largest absolute Gasteiger partial charge is 0.375 e. The minimum atomic E-state index is -0.265. The molecule has 0 amide bonds. The Balaban J connectivity index is 1.33. The molecule has 0 radical (unpaired) electrons. The second kappa shape index (κ2) is 8.28. The van der Waals surface area contributed by atoms with E-state index in [9.17, 15) is 4.39 Å². The maximum Gasteiger partial charge on any atom is 0.141 e. The molecule has 4 heterocycles. The first kappa shape index (κ1) is 21.1. The van der Waals surface area contributed by atoms with Crippen LogP contribution in [0.5, 0.6) is 0 Å². The van der Waals surface area contributed by atoms with Gasteiger partial charge in [-0.05, 0) is 69.2 Å². The summed E-state index contributed by atoms with van der Waals surface area (Å²) in [5, 5.41) is 8.42. The van der Waals surface area contributed by atoms with Gasteiger partial charge >= 0.3 is 0 Å². The Morgan fingerprint density at radius 3 is 2.81 bits per heavy atom. The fraction of sp³-hybridized carbons (Fsp3) is 0.680. The maximum atomic E-state index is 13.6. The molecule has 3 aliphatic rings. The summed E-state index contributed by atoms with van der Waals surface area (Å²) in [7, 11) is 0. The van der Waals surface area contributed by atoms with E-state index in [1.165, 1.54) is 24.7 Å². The number of hydrogen-bond acceptors (Lipinski definition) is 4. The molecule has 0 bridgehead atoms. The van der Waals surface area contributed by atoms with Crippen LogP contribution in [0.4, 0.5) is 4.39 Å². The molecule has 5 nitrogen and oxygen atoms in total. The monoisotopic (exact) mass is 426 g/mol. The molecule has 0 aromatic carbocycles. The number of rotatable bonds is 6. The van der Waals surface area contributed by atoms with Gasteiger partial charge in [0.1, 0.15) is 5.82 Å². The van der Waals surface area contributed by atoms with E-state index in [0.29, 0.717) is 18.0 Å². The number of pyridine rings is 1. The predicted octanol–water partition coefficient (Wildman–Crippen LogP) is 5.10. The molecule has 2 unspecified atom stereocenters. The zero-order chi connectivity index (χ0) is 21.5. The van der Waals surface area contributed by atoms with Gasteiger partial charge in [-0.2, -0.15) is 5.10 Å². The average molecular weight is 427 g/mol. The van der Waals surface area contributed by atoms with E-state index in [-0.39, 0.29) is 16.8 Å². The summed E-state index contributed by atoms with van der Waals surface area (Å²) >= 11 is 0. The Kier molecular flexibility index (Phi) is 5.63. The molecule has 2 aliphatic heterocycles. The first-order valence-corrected chi connectivity index (χ1v) is 12.0. The summed E-state index contributed by atoms with van der Waals surface area (Å²) in [6.45, 7) is 6.23. The summed E-state index contributed by atoms with van der Waals surface area (Å²) in [5.74, 6) is 0.302. The van der Waals surface area contributed by atoms with E-state index in [1.807, 2.05) is 12.3 Å². The van der Waals surface area contributed by atoms with Gasteiger partial charge in [0.2, 0.25) is 0 Å². The van der Waals surface area contributed by atoms with Crippen molar-refractivity contribution < 1.29 is 9.13 Å². The van der Waals surface area contributed by atoms with Gasteiger partial charge < -0.3 is 10.1 Å². The van der Waals surface area contributed by atoms with Crippen LogP contribution in [0.2, 0.25) is 0 Å². The highest BCUT2D eigenvalue weighted by molar-refractivity contribution is 5.21. The molecule has 31 heavy (non-hydrogen) atoms. The van der Waals surface area contributed by atoms with Gasteiger partial charge in [0.25, 0.3) is 0 Å². The van der Waals surface area contributed by atoms with Crippen molar-refractivity contribution in [3.63, 3.8) is 0 Å². The number of fused-ring (bicyclic) bond motifs is 1. The summed E-state index contributed by atoms with van der Waals surface area (Å²) in [6.07, 6.45) is 12.1. The normalized spacial score (nSPS) is 29.7. The summed E-state index contributed by atoms with van der Waals surface area (Å²) in [5.41, 5.74) is 2.26. The molecule has 1 aliphatic carbocycles. The van der Waals surface area contributed by atoms with E-state index < -0.39 is 0 Å². The van der Waals surface area contributed by atoms with Crippen molar-refractivity contribution in [1.82, 2.24) is 20.1 Å². The first-order chi connectivity index (χ1) is 15.0. The molecular weight excluding hydrogens is 391 g/mol. The van der Waals surface area contributed by atoms with E-state index in [1.54, 1.807) is 6.07 Å². The Labute approximate surface area is 184 Å². The van der Waals surface area contributed by atoms with Crippen LogP contribution < -0.4 is 5.32 Å². The maximum absolute atomic E-state index is 13.6. The third kappa shape index (κ3) is 3.93. The highest BCUT2D eigenvalue weighted by atomic mass is 19.1. The lowest BCUT2D eigenvalue weighted by Gasteiger charge is -2.46. The third-order valence-corrected chi connectivity index (χ3v) is 8.05. The van der Waals surface area contributed by atoms with Crippen LogP contribution >= 0.6 is 0 Å². The van der Waals surface area contributed by atoms with Crippen LogP contribution in [0.25, 0.3) is 0 Å². The topological polar surface area (TPSA) is 52.0 Å². The van der Waals surface area contributed by atoms with Gasteiger partial charge in [-0.25, -0.2) is 4.39 Å². The highest BCUT2D eigenvalue weighted by Crippen LogP contribution is 2.49. The second-order valence-electron chi connectivity index (χ2n) is 10.3. The summed E-state index contributed by atoms with van der Waals surface area (Å²) in [6, 6.07) is 6.42. The van der Waals surface area contributed by atoms with Gasteiger partial charge in [-0.3, -0.25) is 9.67 Å². The van der Waals surface area contributed by atoms with Crippen molar-refractivity contribution in [2.24, 2.45) is 5.92 Å². The Hall–Kier alpha value is -1.79. The molecule has 2 aromatic rings. The first-order valence-electron chi connectivity index (χ1n) is 12.0. The number of aromatic nitrogens is 3. The molecule has 3 atom stereocenters. The van der Waals surface area contributed by atoms with Crippen molar-refractivity contribution in [3.05, 3.63) is 47.8 Å². The molecular formula is C25H35FN4O. The number of ether oxygens (including phenoxy) is 1. The minimum absolute atomic E-state index is 0.0109. The van der Waals surface area contributed by atoms with Gasteiger partial charge in [-0.15, -0.1) is 0 Å². The van der Waals surface area contributed by atoms with Crippen molar-refractivity contribution >= 4 is 0 Å². The fourth-order valence-corrected chi connectivity index (χ4v) is 6.38. The van der Waals surface area contributed by atoms with Gasteiger partial charge in [0.05, 0.1) is 29.6 Å². The molecule has 2 aromatic heterocycles. The molecule has 6 heteroatoms.